The molecule has 1 atom stereocenters. The van der Waals surface area contributed by atoms with E-state index >= 15 is 0 Å². The summed E-state index contributed by atoms with van der Waals surface area (Å²) in [5.41, 5.74) is 7.82. The summed E-state index contributed by atoms with van der Waals surface area (Å²) in [6.45, 7) is 5.35. The molecule has 0 radical (unpaired) electrons. The zero-order chi connectivity index (χ0) is 13.9. The van der Waals surface area contributed by atoms with Crippen LogP contribution in [0.2, 0.25) is 0 Å². The van der Waals surface area contributed by atoms with Crippen molar-refractivity contribution in [2.45, 2.75) is 38.1 Å². The van der Waals surface area contributed by atoms with Crippen molar-refractivity contribution in [1.29, 1.82) is 0 Å². The van der Waals surface area contributed by atoms with E-state index in [1.165, 1.54) is 0 Å². The first-order valence-corrected chi connectivity index (χ1v) is 7.26. The van der Waals surface area contributed by atoms with Crippen LogP contribution in [0.3, 0.4) is 0 Å². The van der Waals surface area contributed by atoms with Crippen LogP contribution in [-0.4, -0.2) is 26.2 Å². The Morgan fingerprint density at radius 2 is 1.89 bits per heavy atom. The normalized spacial score (nSPS) is 13.6. The standard InChI is InChI=1S/C12H20N2O3S/c1-8-6-11(13)12(7-9(8)2)18(16,17)14-10(3)4-5-15/h6-7,10,14-15H,4-5,13H2,1-3H3. The fourth-order valence-electron chi connectivity index (χ4n) is 1.63. The van der Waals surface area contributed by atoms with Gasteiger partial charge in [-0.05, 0) is 50.5 Å². The maximum Gasteiger partial charge on any atom is 0.242 e. The molecule has 0 fully saturated rings. The van der Waals surface area contributed by atoms with Crippen LogP contribution in [0.25, 0.3) is 0 Å². The van der Waals surface area contributed by atoms with Crippen LogP contribution in [0.1, 0.15) is 24.5 Å². The molecule has 0 aliphatic carbocycles. The maximum atomic E-state index is 12.1. The summed E-state index contributed by atoms with van der Waals surface area (Å²) in [7, 11) is -3.64. The number of rotatable bonds is 5. The monoisotopic (exact) mass is 272 g/mol. The Morgan fingerprint density at radius 3 is 2.44 bits per heavy atom. The van der Waals surface area contributed by atoms with E-state index in [0.29, 0.717) is 6.42 Å². The molecule has 1 aromatic rings. The minimum Gasteiger partial charge on any atom is -0.398 e. The third-order valence-electron chi connectivity index (χ3n) is 2.83. The lowest BCUT2D eigenvalue weighted by Crippen LogP contribution is -2.33. The third-order valence-corrected chi connectivity index (χ3v) is 4.48. The first-order chi connectivity index (χ1) is 8.27. The van der Waals surface area contributed by atoms with Gasteiger partial charge in [-0.2, -0.15) is 0 Å². The van der Waals surface area contributed by atoms with Gasteiger partial charge in [0.2, 0.25) is 10.0 Å². The number of nitrogens with two attached hydrogens (primary N) is 1. The molecule has 0 amide bonds. The Morgan fingerprint density at radius 1 is 1.33 bits per heavy atom. The quantitative estimate of drug-likeness (QED) is 0.695. The van der Waals surface area contributed by atoms with Crippen LogP contribution >= 0.6 is 0 Å². The molecule has 0 saturated heterocycles. The second-order valence-corrected chi connectivity index (χ2v) is 6.19. The number of aliphatic hydroxyl groups excluding tert-OH is 1. The molecule has 4 N–H and O–H groups in total. The smallest absolute Gasteiger partial charge is 0.242 e. The highest BCUT2D eigenvalue weighted by atomic mass is 32.2. The molecule has 0 aromatic heterocycles. The predicted molar refractivity (Wildman–Crippen MR) is 71.8 cm³/mol. The van der Waals surface area contributed by atoms with Gasteiger partial charge in [0.15, 0.2) is 0 Å². The number of nitrogens with one attached hydrogen (secondary N) is 1. The highest BCUT2D eigenvalue weighted by molar-refractivity contribution is 7.89. The van der Waals surface area contributed by atoms with Gasteiger partial charge in [-0.3, -0.25) is 0 Å². The molecule has 0 saturated carbocycles. The van der Waals surface area contributed by atoms with E-state index < -0.39 is 10.0 Å². The van der Waals surface area contributed by atoms with Crippen LogP contribution in [0.15, 0.2) is 17.0 Å². The summed E-state index contributed by atoms with van der Waals surface area (Å²) in [5, 5.41) is 8.78. The number of aliphatic hydroxyl groups is 1. The van der Waals surface area contributed by atoms with Gasteiger partial charge in [-0.15, -0.1) is 0 Å². The van der Waals surface area contributed by atoms with Crippen molar-refractivity contribution in [3.05, 3.63) is 23.3 Å². The summed E-state index contributed by atoms with van der Waals surface area (Å²) >= 11 is 0. The average Bonchev–Trinajstić information content (AvgIpc) is 2.22. The number of benzene rings is 1. The number of nitrogen functional groups attached to an aromatic ring is 1. The van der Waals surface area contributed by atoms with Gasteiger partial charge in [0.1, 0.15) is 4.90 Å². The number of anilines is 1. The summed E-state index contributed by atoms with van der Waals surface area (Å²) in [5.74, 6) is 0. The molecular formula is C12H20N2O3S. The third kappa shape index (κ3) is 3.44. The Labute approximate surface area is 108 Å². The van der Waals surface area contributed by atoms with Gasteiger partial charge < -0.3 is 10.8 Å². The van der Waals surface area contributed by atoms with Crippen LogP contribution in [0.5, 0.6) is 0 Å². The molecular weight excluding hydrogens is 252 g/mol. The lowest BCUT2D eigenvalue weighted by Gasteiger charge is -2.15. The van der Waals surface area contributed by atoms with Crippen molar-refractivity contribution in [2.75, 3.05) is 12.3 Å². The summed E-state index contributed by atoms with van der Waals surface area (Å²) in [6.07, 6.45) is 0.365. The van der Waals surface area contributed by atoms with E-state index in [1.54, 1.807) is 19.1 Å². The highest BCUT2D eigenvalue weighted by Gasteiger charge is 2.20. The second-order valence-electron chi connectivity index (χ2n) is 4.51. The van der Waals surface area contributed by atoms with Crippen molar-refractivity contribution in [3.63, 3.8) is 0 Å². The fourth-order valence-corrected chi connectivity index (χ4v) is 3.10. The largest absolute Gasteiger partial charge is 0.398 e. The molecule has 102 valence electrons. The Hall–Kier alpha value is -1.11. The molecule has 5 nitrogen and oxygen atoms in total. The van der Waals surface area contributed by atoms with Crippen LogP contribution in [0.4, 0.5) is 5.69 Å². The first kappa shape index (κ1) is 14.9. The van der Waals surface area contributed by atoms with Gasteiger partial charge in [0, 0.05) is 12.6 Å². The Balaban J connectivity index is 3.09. The molecule has 1 rings (SSSR count). The van der Waals surface area contributed by atoms with E-state index in [9.17, 15) is 8.42 Å². The summed E-state index contributed by atoms with van der Waals surface area (Å²) in [4.78, 5) is 0.0930. The minimum absolute atomic E-state index is 0.0634. The van der Waals surface area contributed by atoms with Crippen LogP contribution in [-0.2, 0) is 10.0 Å². The zero-order valence-electron chi connectivity index (χ0n) is 10.9. The minimum atomic E-state index is -3.64. The molecule has 1 aromatic carbocycles. The van der Waals surface area contributed by atoms with Gasteiger partial charge >= 0.3 is 0 Å². The summed E-state index contributed by atoms with van der Waals surface area (Å²) < 4.78 is 26.8. The molecule has 0 aliphatic rings. The van der Waals surface area contributed by atoms with Gasteiger partial charge in [0.05, 0.1) is 5.69 Å². The number of hydrogen-bond donors (Lipinski definition) is 3. The van der Waals surface area contributed by atoms with Crippen molar-refractivity contribution >= 4 is 15.7 Å². The van der Waals surface area contributed by atoms with Crippen LogP contribution in [0, 0.1) is 13.8 Å². The van der Waals surface area contributed by atoms with Crippen molar-refractivity contribution in [2.24, 2.45) is 0 Å². The predicted octanol–water partition coefficient (Wildman–Crippen LogP) is 0.935. The first-order valence-electron chi connectivity index (χ1n) is 5.78. The highest BCUT2D eigenvalue weighted by Crippen LogP contribution is 2.22. The lowest BCUT2D eigenvalue weighted by atomic mass is 10.1. The molecule has 0 aliphatic heterocycles. The van der Waals surface area contributed by atoms with Gasteiger partial charge in [0.25, 0.3) is 0 Å². The van der Waals surface area contributed by atoms with Gasteiger partial charge in [-0.25, -0.2) is 13.1 Å². The van der Waals surface area contributed by atoms with Crippen molar-refractivity contribution in [3.8, 4) is 0 Å². The second kappa shape index (κ2) is 5.69. The lowest BCUT2D eigenvalue weighted by molar-refractivity contribution is 0.275. The molecule has 0 heterocycles. The average molecular weight is 272 g/mol. The topological polar surface area (TPSA) is 92.4 Å². The van der Waals surface area contributed by atoms with E-state index in [1.807, 2.05) is 13.8 Å². The van der Waals surface area contributed by atoms with Crippen molar-refractivity contribution < 1.29 is 13.5 Å². The molecule has 0 spiro atoms. The van der Waals surface area contributed by atoms with Crippen LogP contribution < -0.4 is 10.5 Å². The van der Waals surface area contributed by atoms with E-state index in [2.05, 4.69) is 4.72 Å². The van der Waals surface area contributed by atoms with E-state index in [-0.39, 0.29) is 23.2 Å². The number of hydrogen-bond acceptors (Lipinski definition) is 4. The molecule has 0 bridgehead atoms. The Kier molecular flexibility index (Phi) is 4.72. The molecule has 18 heavy (non-hydrogen) atoms. The Bertz CT molecular complexity index is 526. The van der Waals surface area contributed by atoms with Gasteiger partial charge in [-0.1, -0.05) is 0 Å². The zero-order valence-corrected chi connectivity index (χ0v) is 11.7. The van der Waals surface area contributed by atoms with E-state index in [4.69, 9.17) is 10.8 Å². The van der Waals surface area contributed by atoms with Crippen molar-refractivity contribution in [1.82, 2.24) is 4.72 Å². The molecule has 1 unspecified atom stereocenters. The fraction of sp³-hybridized carbons (Fsp3) is 0.500. The van der Waals surface area contributed by atoms with E-state index in [0.717, 1.165) is 11.1 Å². The number of sulfonamides is 1. The summed E-state index contributed by atoms with van der Waals surface area (Å²) in [6, 6.07) is 2.89. The number of aryl methyl sites for hydroxylation is 2. The SMILES string of the molecule is Cc1cc(N)c(S(=O)(=O)NC(C)CCO)cc1C. The molecule has 6 heteroatoms. The maximum absolute atomic E-state index is 12.1.